The van der Waals surface area contributed by atoms with Crippen LogP contribution in [0.15, 0.2) is 48.6 Å². The van der Waals surface area contributed by atoms with Crippen molar-refractivity contribution >= 4 is 5.97 Å². The van der Waals surface area contributed by atoms with Gasteiger partial charge in [-0.25, -0.2) is 4.89 Å². The molecule has 0 saturated heterocycles. The minimum absolute atomic E-state index is 0.219. The molecule has 0 amide bonds. The van der Waals surface area contributed by atoms with Gasteiger partial charge in [-0.1, -0.05) is 74.8 Å². The lowest BCUT2D eigenvalue weighted by Crippen LogP contribution is -2.06. The van der Waals surface area contributed by atoms with Gasteiger partial charge in [0.25, 0.3) is 0 Å². The Kier molecular flexibility index (Phi) is 16.5. The van der Waals surface area contributed by atoms with Crippen LogP contribution in [-0.4, -0.2) is 22.4 Å². The van der Waals surface area contributed by atoms with E-state index in [-0.39, 0.29) is 12.5 Å². The van der Waals surface area contributed by atoms with Crippen molar-refractivity contribution in [3.63, 3.8) is 0 Å². The molecule has 24 heavy (non-hydrogen) atoms. The van der Waals surface area contributed by atoms with Gasteiger partial charge < -0.3 is 5.11 Å². The van der Waals surface area contributed by atoms with Gasteiger partial charge in [-0.05, 0) is 32.1 Å². The SMILES string of the molecule is CCCCC[C@H](/C=C/C=C\C/C=C\C/C=C\CCCC(=O)O)OO. The van der Waals surface area contributed by atoms with Crippen molar-refractivity contribution in [1.29, 1.82) is 0 Å². The van der Waals surface area contributed by atoms with Crippen LogP contribution >= 0.6 is 0 Å². The smallest absolute Gasteiger partial charge is 0.303 e. The van der Waals surface area contributed by atoms with E-state index in [9.17, 15) is 4.79 Å². The van der Waals surface area contributed by atoms with Crippen molar-refractivity contribution in [3.8, 4) is 0 Å². The maximum Gasteiger partial charge on any atom is 0.303 e. The molecule has 4 nitrogen and oxygen atoms in total. The monoisotopic (exact) mass is 336 g/mol. The molecule has 0 aromatic carbocycles. The van der Waals surface area contributed by atoms with E-state index in [0.29, 0.717) is 6.42 Å². The van der Waals surface area contributed by atoms with Gasteiger partial charge in [0.1, 0.15) is 6.10 Å². The summed E-state index contributed by atoms with van der Waals surface area (Å²) >= 11 is 0. The van der Waals surface area contributed by atoms with E-state index < -0.39 is 5.97 Å². The third kappa shape index (κ3) is 16.7. The second-order valence-corrected chi connectivity index (χ2v) is 5.65. The third-order valence-electron chi connectivity index (χ3n) is 3.44. The summed E-state index contributed by atoms with van der Waals surface area (Å²) in [6, 6.07) is 0. The molecule has 1 atom stereocenters. The molecule has 0 aromatic rings. The maximum absolute atomic E-state index is 10.3. The first-order chi connectivity index (χ1) is 11.7. The van der Waals surface area contributed by atoms with Crippen LogP contribution in [-0.2, 0) is 9.68 Å². The third-order valence-corrected chi connectivity index (χ3v) is 3.44. The van der Waals surface area contributed by atoms with Crippen molar-refractivity contribution in [2.24, 2.45) is 0 Å². The number of carbonyl (C=O) groups is 1. The van der Waals surface area contributed by atoms with Crippen LogP contribution in [0.3, 0.4) is 0 Å². The topological polar surface area (TPSA) is 66.8 Å². The maximum atomic E-state index is 10.3. The molecule has 0 bridgehead atoms. The lowest BCUT2D eigenvalue weighted by molar-refractivity contribution is -0.267. The molecule has 0 aromatic heterocycles. The minimum Gasteiger partial charge on any atom is -0.481 e. The summed E-state index contributed by atoms with van der Waals surface area (Å²) in [5.41, 5.74) is 0. The van der Waals surface area contributed by atoms with Crippen LogP contribution in [0.1, 0.15) is 64.7 Å². The fourth-order valence-electron chi connectivity index (χ4n) is 2.06. The van der Waals surface area contributed by atoms with Crippen molar-refractivity contribution in [3.05, 3.63) is 48.6 Å². The quantitative estimate of drug-likeness (QED) is 0.133. The van der Waals surface area contributed by atoms with Gasteiger partial charge in [0.2, 0.25) is 0 Å². The first-order valence-corrected chi connectivity index (χ1v) is 8.86. The van der Waals surface area contributed by atoms with Crippen LogP contribution in [0.25, 0.3) is 0 Å². The Balaban J connectivity index is 3.70. The summed E-state index contributed by atoms with van der Waals surface area (Å²) in [6.45, 7) is 2.15. The summed E-state index contributed by atoms with van der Waals surface area (Å²) in [5, 5.41) is 17.3. The molecule has 136 valence electrons. The molecule has 0 aliphatic heterocycles. The Morgan fingerprint density at radius 1 is 1.00 bits per heavy atom. The van der Waals surface area contributed by atoms with Crippen LogP contribution in [0, 0.1) is 0 Å². The average Bonchev–Trinajstić information content (AvgIpc) is 2.57. The molecule has 0 aliphatic carbocycles. The highest BCUT2D eigenvalue weighted by atomic mass is 17.1. The Morgan fingerprint density at radius 3 is 2.38 bits per heavy atom. The fourth-order valence-corrected chi connectivity index (χ4v) is 2.06. The van der Waals surface area contributed by atoms with Gasteiger partial charge in [-0.15, -0.1) is 0 Å². The van der Waals surface area contributed by atoms with E-state index in [0.717, 1.165) is 44.9 Å². The Bertz CT molecular complexity index is 408. The van der Waals surface area contributed by atoms with Crippen molar-refractivity contribution in [2.45, 2.75) is 70.8 Å². The molecule has 0 saturated carbocycles. The molecule has 0 fully saturated rings. The molecule has 2 N–H and O–H groups in total. The number of carboxylic acid groups (broad SMARTS) is 1. The first kappa shape index (κ1) is 22.4. The molecule has 0 spiro atoms. The summed E-state index contributed by atoms with van der Waals surface area (Å²) in [6.07, 6.45) is 23.5. The van der Waals surface area contributed by atoms with E-state index in [1.165, 1.54) is 0 Å². The predicted octanol–water partition coefficient (Wildman–Crippen LogP) is 5.68. The van der Waals surface area contributed by atoms with Crippen LogP contribution in [0.2, 0.25) is 0 Å². The standard InChI is InChI=1S/C20H32O4/c1-2-3-13-16-19(24-23)17-14-11-9-7-5-4-6-8-10-12-15-18-20(21)22/h4-5,8-11,14,17,19,23H,2-3,6-7,12-13,15-16,18H2,1H3,(H,21,22)/b5-4-,10-8-,11-9-,17-14+/t19-/m1/s1. The van der Waals surface area contributed by atoms with Gasteiger partial charge in [-0.2, -0.15) is 0 Å². The number of carboxylic acids is 1. The molecule has 0 aliphatic rings. The van der Waals surface area contributed by atoms with Gasteiger partial charge in [-0.3, -0.25) is 10.1 Å². The van der Waals surface area contributed by atoms with E-state index >= 15 is 0 Å². The molecule has 0 heterocycles. The zero-order valence-corrected chi connectivity index (χ0v) is 14.8. The average molecular weight is 336 g/mol. The van der Waals surface area contributed by atoms with Gasteiger partial charge in [0, 0.05) is 6.42 Å². The molecular formula is C20H32O4. The molecular weight excluding hydrogens is 304 g/mol. The van der Waals surface area contributed by atoms with E-state index in [1.807, 2.05) is 30.4 Å². The zero-order chi connectivity index (χ0) is 17.9. The van der Waals surface area contributed by atoms with Gasteiger partial charge in [0.15, 0.2) is 0 Å². The summed E-state index contributed by atoms with van der Waals surface area (Å²) in [7, 11) is 0. The Hall–Kier alpha value is -1.65. The predicted molar refractivity (Wildman–Crippen MR) is 98.9 cm³/mol. The lowest BCUT2D eigenvalue weighted by atomic mass is 10.1. The number of allylic oxidation sites excluding steroid dienone is 7. The molecule has 0 rings (SSSR count). The summed E-state index contributed by atoms with van der Waals surface area (Å²) < 4.78 is 0. The number of unbranched alkanes of at least 4 members (excludes halogenated alkanes) is 3. The minimum atomic E-state index is -0.734. The number of aliphatic carboxylic acids is 1. The van der Waals surface area contributed by atoms with Crippen LogP contribution in [0.5, 0.6) is 0 Å². The Morgan fingerprint density at radius 2 is 1.71 bits per heavy atom. The highest BCUT2D eigenvalue weighted by Crippen LogP contribution is 2.07. The van der Waals surface area contributed by atoms with Gasteiger partial charge >= 0.3 is 5.97 Å². The van der Waals surface area contributed by atoms with Crippen LogP contribution in [0.4, 0.5) is 0 Å². The second kappa shape index (κ2) is 17.7. The Labute approximate surface area is 146 Å². The largest absolute Gasteiger partial charge is 0.481 e. The van der Waals surface area contributed by atoms with E-state index in [1.54, 1.807) is 0 Å². The highest BCUT2D eigenvalue weighted by molar-refractivity contribution is 5.66. The summed E-state index contributed by atoms with van der Waals surface area (Å²) in [5.74, 6) is -0.734. The first-order valence-electron chi connectivity index (χ1n) is 8.86. The fraction of sp³-hybridized carbons (Fsp3) is 0.550. The normalized spacial score (nSPS) is 13.8. The molecule has 4 heteroatoms. The van der Waals surface area contributed by atoms with Crippen molar-refractivity contribution < 1.29 is 20.0 Å². The van der Waals surface area contributed by atoms with E-state index in [2.05, 4.69) is 30.0 Å². The number of rotatable bonds is 15. The van der Waals surface area contributed by atoms with Crippen molar-refractivity contribution in [2.75, 3.05) is 0 Å². The molecule has 0 unspecified atom stereocenters. The van der Waals surface area contributed by atoms with Gasteiger partial charge in [0.05, 0.1) is 0 Å². The number of hydrogen-bond donors (Lipinski definition) is 2. The van der Waals surface area contributed by atoms with Crippen LogP contribution < -0.4 is 0 Å². The number of hydrogen-bond acceptors (Lipinski definition) is 3. The van der Waals surface area contributed by atoms with Crippen molar-refractivity contribution in [1.82, 2.24) is 0 Å². The molecule has 0 radical (unpaired) electrons. The zero-order valence-electron chi connectivity index (χ0n) is 14.8. The summed E-state index contributed by atoms with van der Waals surface area (Å²) in [4.78, 5) is 14.8. The highest BCUT2D eigenvalue weighted by Gasteiger charge is 2.02. The second-order valence-electron chi connectivity index (χ2n) is 5.65. The van der Waals surface area contributed by atoms with E-state index in [4.69, 9.17) is 10.4 Å². The lowest BCUT2D eigenvalue weighted by Gasteiger charge is -2.07.